The molecule has 0 saturated carbocycles. The summed E-state index contributed by atoms with van der Waals surface area (Å²) in [5, 5.41) is 3.00. The number of pyridine rings is 1. The van der Waals surface area contributed by atoms with Gasteiger partial charge in [0.2, 0.25) is 0 Å². The van der Waals surface area contributed by atoms with Crippen molar-refractivity contribution in [3.05, 3.63) is 119 Å². The molecule has 0 aliphatic heterocycles. The van der Waals surface area contributed by atoms with Gasteiger partial charge in [0.25, 0.3) is 5.91 Å². The van der Waals surface area contributed by atoms with E-state index in [2.05, 4.69) is 28.3 Å². The molecule has 1 N–H and O–H groups in total. The minimum atomic E-state index is -4.41. The van der Waals surface area contributed by atoms with Gasteiger partial charge in [-0.3, -0.25) is 14.7 Å². The van der Waals surface area contributed by atoms with Crippen molar-refractivity contribution in [2.75, 3.05) is 12.4 Å². The number of hydrogen-bond donors (Lipinski definition) is 1. The van der Waals surface area contributed by atoms with Crippen molar-refractivity contribution in [3.63, 3.8) is 0 Å². The largest absolute Gasteiger partial charge is 0.416 e. The van der Waals surface area contributed by atoms with Gasteiger partial charge < -0.3 is 5.32 Å². The fourth-order valence-electron chi connectivity index (χ4n) is 5.13. The highest BCUT2D eigenvalue weighted by molar-refractivity contribution is 6.09. The molecule has 7 heteroatoms. The molecule has 4 aromatic rings. The number of aryl methyl sites for hydroxylation is 1. The van der Waals surface area contributed by atoms with Crippen molar-refractivity contribution in [1.29, 1.82) is 0 Å². The van der Waals surface area contributed by atoms with E-state index in [1.54, 1.807) is 18.3 Å². The first-order valence-electron chi connectivity index (χ1n) is 12.5. The molecule has 0 saturated heterocycles. The van der Waals surface area contributed by atoms with Crippen LogP contribution in [0.15, 0.2) is 85.1 Å². The Kier molecular flexibility index (Phi) is 7.04. The molecule has 1 unspecified atom stereocenters. The fourth-order valence-corrected chi connectivity index (χ4v) is 5.13. The van der Waals surface area contributed by atoms with Crippen molar-refractivity contribution >= 4 is 11.6 Å². The van der Waals surface area contributed by atoms with Gasteiger partial charge >= 0.3 is 6.18 Å². The van der Waals surface area contributed by atoms with Gasteiger partial charge in [0.15, 0.2) is 0 Å². The van der Waals surface area contributed by atoms with Crippen LogP contribution in [0.4, 0.5) is 18.9 Å². The molecular formula is C31H28F3N3O. The lowest BCUT2D eigenvalue weighted by Gasteiger charge is -2.23. The standard InChI is InChI=1S/C31H28F3N3O/c1-20-6-5-8-28(29(20)21-9-12-24(13-10-21)31(32,33)34)30(38)36-25-14-11-22-17-27(18-23(22)16-25)37(2)19-26-7-3-4-15-35-26/h3-16,27H,17-19H2,1-2H3,(H,36,38). The van der Waals surface area contributed by atoms with Crippen LogP contribution in [-0.4, -0.2) is 28.9 Å². The molecule has 1 aliphatic carbocycles. The van der Waals surface area contributed by atoms with Gasteiger partial charge in [0.05, 0.1) is 11.3 Å². The third kappa shape index (κ3) is 5.48. The summed E-state index contributed by atoms with van der Waals surface area (Å²) in [6.45, 7) is 2.62. The summed E-state index contributed by atoms with van der Waals surface area (Å²) < 4.78 is 39.1. The second kappa shape index (κ2) is 10.4. The summed E-state index contributed by atoms with van der Waals surface area (Å²) in [5.41, 5.74) is 5.88. The molecule has 1 atom stereocenters. The molecule has 0 radical (unpaired) electrons. The maximum Gasteiger partial charge on any atom is 0.416 e. The summed E-state index contributed by atoms with van der Waals surface area (Å²) >= 11 is 0. The molecule has 1 aromatic heterocycles. The van der Waals surface area contributed by atoms with Gasteiger partial charge in [-0.2, -0.15) is 13.2 Å². The van der Waals surface area contributed by atoms with Gasteiger partial charge in [-0.15, -0.1) is 0 Å². The minimum absolute atomic E-state index is 0.301. The number of hydrogen-bond acceptors (Lipinski definition) is 3. The van der Waals surface area contributed by atoms with Crippen molar-refractivity contribution < 1.29 is 18.0 Å². The fraction of sp³-hybridized carbons (Fsp3) is 0.226. The van der Waals surface area contributed by atoms with Crippen molar-refractivity contribution in [2.45, 2.75) is 38.5 Å². The maximum atomic E-state index is 13.4. The van der Waals surface area contributed by atoms with E-state index in [0.717, 1.165) is 42.8 Å². The summed E-state index contributed by atoms with van der Waals surface area (Å²) in [5.74, 6) is -0.301. The van der Waals surface area contributed by atoms with Crippen LogP contribution in [0.3, 0.4) is 0 Å². The van der Waals surface area contributed by atoms with Crippen LogP contribution in [0.2, 0.25) is 0 Å². The molecular weight excluding hydrogens is 487 g/mol. The van der Waals surface area contributed by atoms with Crippen LogP contribution in [0.1, 0.15) is 38.3 Å². The van der Waals surface area contributed by atoms with E-state index >= 15 is 0 Å². The second-order valence-electron chi connectivity index (χ2n) is 9.81. The van der Waals surface area contributed by atoms with Gasteiger partial charge in [0, 0.05) is 30.0 Å². The Labute approximate surface area is 220 Å². The van der Waals surface area contributed by atoms with E-state index in [4.69, 9.17) is 0 Å². The van der Waals surface area contributed by atoms with Gasteiger partial charge in [0.1, 0.15) is 0 Å². The molecule has 3 aromatic carbocycles. The van der Waals surface area contributed by atoms with Gasteiger partial charge in [-0.25, -0.2) is 0 Å². The van der Waals surface area contributed by atoms with Crippen molar-refractivity contribution in [3.8, 4) is 11.1 Å². The summed E-state index contributed by atoms with van der Waals surface area (Å²) in [7, 11) is 2.11. The monoisotopic (exact) mass is 515 g/mol. The first-order chi connectivity index (χ1) is 18.2. The molecule has 0 spiro atoms. The number of likely N-dealkylation sites (N-methyl/N-ethyl adjacent to an activating group) is 1. The molecule has 194 valence electrons. The lowest BCUT2D eigenvalue weighted by Crippen LogP contribution is -2.31. The van der Waals surface area contributed by atoms with E-state index in [-0.39, 0.29) is 5.91 Å². The third-order valence-electron chi connectivity index (χ3n) is 7.15. The van der Waals surface area contributed by atoms with Crippen LogP contribution in [0.5, 0.6) is 0 Å². The number of fused-ring (bicyclic) bond motifs is 1. The highest BCUT2D eigenvalue weighted by Crippen LogP contribution is 2.34. The normalized spacial score (nSPS) is 14.9. The number of carbonyl (C=O) groups is 1. The van der Waals surface area contributed by atoms with Crippen molar-refractivity contribution in [1.82, 2.24) is 9.88 Å². The zero-order valence-corrected chi connectivity index (χ0v) is 21.2. The van der Waals surface area contributed by atoms with E-state index in [0.29, 0.717) is 28.4 Å². The van der Waals surface area contributed by atoms with Crippen LogP contribution in [0, 0.1) is 6.92 Å². The van der Waals surface area contributed by atoms with Crippen molar-refractivity contribution in [2.24, 2.45) is 0 Å². The average molecular weight is 516 g/mol. The highest BCUT2D eigenvalue weighted by Gasteiger charge is 2.30. The zero-order chi connectivity index (χ0) is 26.9. The molecule has 38 heavy (non-hydrogen) atoms. The van der Waals surface area contributed by atoms with Crippen LogP contribution >= 0.6 is 0 Å². The van der Waals surface area contributed by atoms with Crippen LogP contribution < -0.4 is 5.32 Å². The zero-order valence-electron chi connectivity index (χ0n) is 21.2. The Bertz CT molecular complexity index is 1450. The molecule has 1 amide bonds. The van der Waals surface area contributed by atoms with E-state index in [9.17, 15) is 18.0 Å². The molecule has 0 bridgehead atoms. The number of nitrogens with one attached hydrogen (secondary N) is 1. The molecule has 1 aliphatic rings. The number of aromatic nitrogens is 1. The maximum absolute atomic E-state index is 13.4. The van der Waals surface area contributed by atoms with Crippen LogP contribution in [0.25, 0.3) is 11.1 Å². The van der Waals surface area contributed by atoms with Crippen LogP contribution in [-0.2, 0) is 25.6 Å². The molecule has 4 nitrogen and oxygen atoms in total. The Morgan fingerprint density at radius 3 is 2.45 bits per heavy atom. The lowest BCUT2D eigenvalue weighted by atomic mass is 9.93. The Hall–Kier alpha value is -3.97. The number of benzene rings is 3. The Balaban J connectivity index is 1.32. The van der Waals surface area contributed by atoms with E-state index in [1.165, 1.54) is 23.3 Å². The average Bonchev–Trinajstić information content (AvgIpc) is 3.32. The number of nitrogens with zero attached hydrogens (tertiary/aromatic N) is 2. The Morgan fingerprint density at radius 1 is 0.974 bits per heavy atom. The topological polar surface area (TPSA) is 45.2 Å². The second-order valence-corrected chi connectivity index (χ2v) is 9.81. The van der Waals surface area contributed by atoms with E-state index in [1.807, 2.05) is 43.3 Å². The smallest absolute Gasteiger partial charge is 0.322 e. The van der Waals surface area contributed by atoms with E-state index < -0.39 is 11.7 Å². The molecule has 5 rings (SSSR count). The minimum Gasteiger partial charge on any atom is -0.322 e. The van der Waals surface area contributed by atoms with Gasteiger partial charge in [-0.1, -0.05) is 36.4 Å². The van der Waals surface area contributed by atoms with Gasteiger partial charge in [-0.05, 0) is 97.1 Å². The lowest BCUT2D eigenvalue weighted by molar-refractivity contribution is -0.137. The number of halogens is 3. The third-order valence-corrected chi connectivity index (χ3v) is 7.15. The quantitative estimate of drug-likeness (QED) is 0.303. The molecule has 0 fully saturated rings. The number of rotatable bonds is 6. The number of carbonyl (C=O) groups excluding carboxylic acids is 1. The molecule has 1 heterocycles. The summed E-state index contributed by atoms with van der Waals surface area (Å²) in [4.78, 5) is 20.1. The predicted octanol–water partition coefficient (Wildman–Crippen LogP) is 6.93. The number of amides is 1. The first kappa shape index (κ1) is 25.7. The predicted molar refractivity (Wildman–Crippen MR) is 143 cm³/mol. The number of anilines is 1. The first-order valence-corrected chi connectivity index (χ1v) is 12.5. The summed E-state index contributed by atoms with van der Waals surface area (Å²) in [6.07, 6.45) is -0.796. The Morgan fingerprint density at radius 2 is 1.74 bits per heavy atom. The SMILES string of the molecule is Cc1cccc(C(=O)Nc2ccc3c(c2)CC(N(C)Cc2ccccn2)C3)c1-c1ccc(C(F)(F)F)cc1. The summed E-state index contributed by atoms with van der Waals surface area (Å²) in [6, 6.07) is 22.5. The highest BCUT2D eigenvalue weighted by atomic mass is 19.4. The number of alkyl halides is 3.